The Labute approximate surface area is 60.5 Å². The Balaban J connectivity index is 3.17. The van der Waals surface area contributed by atoms with Crippen LogP contribution < -0.4 is 0 Å². The zero-order valence-electron chi connectivity index (χ0n) is 5.02. The molecular formula is C8H7Cl. The lowest BCUT2D eigenvalue weighted by atomic mass is 10.2. The molecule has 2 radical (unpaired) electrons. The lowest BCUT2D eigenvalue weighted by molar-refractivity contribution is 1.55. The third-order valence-electron chi connectivity index (χ3n) is 1.11. The Kier molecular flexibility index (Phi) is 1.77. The standard InChI is InChI=1S/C8H7Cl/c1-6-3-4-8(9)7(2)5-6/h3-5H,1-2H2. The van der Waals surface area contributed by atoms with Crippen molar-refractivity contribution >= 4 is 11.6 Å². The minimum absolute atomic E-state index is 0.697. The second-order valence-electron chi connectivity index (χ2n) is 1.93. The van der Waals surface area contributed by atoms with Crippen LogP contribution in [-0.2, 0) is 0 Å². The Hall–Kier alpha value is -0.490. The first-order valence-electron chi connectivity index (χ1n) is 2.63. The van der Waals surface area contributed by atoms with Gasteiger partial charge in [0.2, 0.25) is 0 Å². The van der Waals surface area contributed by atoms with Crippen molar-refractivity contribution in [2.45, 2.75) is 0 Å². The average Bonchev–Trinajstić information content (AvgIpc) is 1.80. The summed E-state index contributed by atoms with van der Waals surface area (Å²) in [6.07, 6.45) is 0. The van der Waals surface area contributed by atoms with E-state index >= 15 is 0 Å². The van der Waals surface area contributed by atoms with Crippen molar-refractivity contribution in [3.8, 4) is 0 Å². The highest BCUT2D eigenvalue weighted by Crippen LogP contribution is 2.14. The summed E-state index contributed by atoms with van der Waals surface area (Å²) in [5, 5.41) is 0.697. The van der Waals surface area contributed by atoms with Gasteiger partial charge in [-0.15, -0.1) is 0 Å². The van der Waals surface area contributed by atoms with E-state index in [2.05, 4.69) is 13.8 Å². The SMILES string of the molecule is [CH2]c1ccc(Cl)c([CH2])c1. The summed E-state index contributed by atoms with van der Waals surface area (Å²) in [4.78, 5) is 0. The van der Waals surface area contributed by atoms with Crippen LogP contribution in [0.2, 0.25) is 5.02 Å². The molecule has 0 aliphatic heterocycles. The summed E-state index contributed by atoms with van der Waals surface area (Å²) in [5.41, 5.74) is 1.79. The van der Waals surface area contributed by atoms with Crippen molar-refractivity contribution in [1.29, 1.82) is 0 Å². The van der Waals surface area contributed by atoms with Gasteiger partial charge >= 0.3 is 0 Å². The van der Waals surface area contributed by atoms with Gasteiger partial charge in [0, 0.05) is 5.02 Å². The quantitative estimate of drug-likeness (QED) is 0.517. The van der Waals surface area contributed by atoms with Crippen LogP contribution in [-0.4, -0.2) is 0 Å². The molecule has 0 aliphatic rings. The van der Waals surface area contributed by atoms with Crippen molar-refractivity contribution in [3.05, 3.63) is 48.2 Å². The van der Waals surface area contributed by atoms with E-state index < -0.39 is 0 Å². The van der Waals surface area contributed by atoms with E-state index in [0.29, 0.717) is 5.02 Å². The molecule has 0 N–H and O–H groups in total. The van der Waals surface area contributed by atoms with Crippen LogP contribution in [0.15, 0.2) is 18.2 Å². The zero-order chi connectivity index (χ0) is 6.85. The molecule has 0 nitrogen and oxygen atoms in total. The molecule has 1 heteroatoms. The molecule has 0 atom stereocenters. The number of hydrogen-bond donors (Lipinski definition) is 0. The summed E-state index contributed by atoms with van der Waals surface area (Å²) in [6.45, 7) is 7.43. The van der Waals surface area contributed by atoms with E-state index in [-0.39, 0.29) is 0 Å². The van der Waals surface area contributed by atoms with Crippen molar-refractivity contribution in [2.24, 2.45) is 0 Å². The van der Waals surface area contributed by atoms with E-state index in [0.717, 1.165) is 11.1 Å². The fourth-order valence-corrected chi connectivity index (χ4v) is 0.746. The van der Waals surface area contributed by atoms with Gasteiger partial charge in [0.05, 0.1) is 0 Å². The molecule has 0 saturated carbocycles. The second-order valence-corrected chi connectivity index (χ2v) is 2.33. The first kappa shape index (κ1) is 6.63. The van der Waals surface area contributed by atoms with Gasteiger partial charge in [0.15, 0.2) is 0 Å². The maximum Gasteiger partial charge on any atom is 0.0438 e. The van der Waals surface area contributed by atoms with Crippen molar-refractivity contribution < 1.29 is 0 Å². The molecule has 0 spiro atoms. The molecule has 0 fully saturated rings. The van der Waals surface area contributed by atoms with Gasteiger partial charge in [0.25, 0.3) is 0 Å². The van der Waals surface area contributed by atoms with Gasteiger partial charge in [-0.2, -0.15) is 0 Å². The van der Waals surface area contributed by atoms with E-state index in [1.165, 1.54) is 0 Å². The fourth-order valence-electron chi connectivity index (χ4n) is 0.628. The van der Waals surface area contributed by atoms with Gasteiger partial charge in [-0.1, -0.05) is 23.7 Å². The highest BCUT2D eigenvalue weighted by atomic mass is 35.5. The Morgan fingerprint density at radius 2 is 1.89 bits per heavy atom. The van der Waals surface area contributed by atoms with Crippen molar-refractivity contribution in [1.82, 2.24) is 0 Å². The largest absolute Gasteiger partial charge is 0.0840 e. The van der Waals surface area contributed by atoms with Crippen LogP contribution in [0.25, 0.3) is 0 Å². The monoisotopic (exact) mass is 138 g/mol. The molecule has 9 heavy (non-hydrogen) atoms. The molecule has 0 aromatic heterocycles. The minimum atomic E-state index is 0.697. The third kappa shape index (κ3) is 1.46. The molecule has 1 aromatic carbocycles. The number of halogens is 1. The topological polar surface area (TPSA) is 0 Å². The molecule has 0 aliphatic carbocycles. The summed E-state index contributed by atoms with van der Waals surface area (Å²) in [5.74, 6) is 0. The number of rotatable bonds is 0. The smallest absolute Gasteiger partial charge is 0.0438 e. The number of hydrogen-bond acceptors (Lipinski definition) is 0. The predicted molar refractivity (Wildman–Crippen MR) is 40.4 cm³/mol. The van der Waals surface area contributed by atoms with Crippen molar-refractivity contribution in [3.63, 3.8) is 0 Å². The van der Waals surface area contributed by atoms with Gasteiger partial charge in [0.1, 0.15) is 0 Å². The molecule has 0 bridgehead atoms. The van der Waals surface area contributed by atoms with Crippen LogP contribution in [0.1, 0.15) is 11.1 Å². The Bertz CT molecular complexity index is 216. The van der Waals surface area contributed by atoms with E-state index in [4.69, 9.17) is 11.6 Å². The van der Waals surface area contributed by atoms with E-state index in [1.54, 1.807) is 6.07 Å². The van der Waals surface area contributed by atoms with Crippen LogP contribution in [0.4, 0.5) is 0 Å². The minimum Gasteiger partial charge on any atom is -0.0840 e. The third-order valence-corrected chi connectivity index (χ3v) is 1.48. The van der Waals surface area contributed by atoms with Gasteiger partial charge in [-0.3, -0.25) is 0 Å². The van der Waals surface area contributed by atoms with Crippen LogP contribution in [0, 0.1) is 13.8 Å². The van der Waals surface area contributed by atoms with E-state index in [9.17, 15) is 0 Å². The molecule has 0 heterocycles. The maximum atomic E-state index is 5.69. The normalized spacial score (nSPS) is 9.67. The highest BCUT2D eigenvalue weighted by Gasteiger charge is 1.91. The lowest BCUT2D eigenvalue weighted by Gasteiger charge is -1.96. The van der Waals surface area contributed by atoms with Gasteiger partial charge < -0.3 is 0 Å². The Morgan fingerprint density at radius 1 is 1.22 bits per heavy atom. The van der Waals surface area contributed by atoms with E-state index in [1.807, 2.05) is 12.1 Å². The highest BCUT2D eigenvalue weighted by molar-refractivity contribution is 6.31. The Morgan fingerprint density at radius 3 is 2.33 bits per heavy atom. The molecule has 0 saturated heterocycles. The van der Waals surface area contributed by atoms with Crippen LogP contribution in [0.3, 0.4) is 0 Å². The summed E-state index contributed by atoms with van der Waals surface area (Å²) in [7, 11) is 0. The summed E-state index contributed by atoms with van der Waals surface area (Å²) < 4.78 is 0. The van der Waals surface area contributed by atoms with Gasteiger partial charge in [-0.05, 0) is 31.0 Å². The average molecular weight is 139 g/mol. The first-order valence-corrected chi connectivity index (χ1v) is 3.01. The maximum absolute atomic E-state index is 5.69. The predicted octanol–water partition coefficient (Wildman–Crippen LogP) is 2.70. The molecule has 0 unspecified atom stereocenters. The first-order chi connectivity index (χ1) is 4.20. The summed E-state index contributed by atoms with van der Waals surface area (Å²) >= 11 is 5.69. The molecular weight excluding hydrogens is 132 g/mol. The van der Waals surface area contributed by atoms with Crippen molar-refractivity contribution in [2.75, 3.05) is 0 Å². The number of benzene rings is 1. The van der Waals surface area contributed by atoms with Gasteiger partial charge in [-0.25, -0.2) is 0 Å². The van der Waals surface area contributed by atoms with Crippen LogP contribution in [0.5, 0.6) is 0 Å². The summed E-state index contributed by atoms with van der Waals surface area (Å²) in [6, 6.07) is 5.51. The second kappa shape index (κ2) is 2.40. The molecule has 1 rings (SSSR count). The molecule has 46 valence electrons. The lowest BCUT2D eigenvalue weighted by Crippen LogP contribution is -1.75. The molecule has 0 amide bonds. The molecule has 1 aromatic rings. The fraction of sp³-hybridized carbons (Fsp3) is 0. The zero-order valence-corrected chi connectivity index (χ0v) is 5.78. The van der Waals surface area contributed by atoms with Crippen LogP contribution >= 0.6 is 11.6 Å².